The van der Waals surface area contributed by atoms with Gasteiger partial charge < -0.3 is 5.32 Å². The highest BCUT2D eigenvalue weighted by molar-refractivity contribution is 5.92. The molecule has 1 N–H and O–H groups in total. The lowest BCUT2D eigenvalue weighted by molar-refractivity contribution is -0.384. The van der Waals surface area contributed by atoms with Crippen molar-refractivity contribution in [3.63, 3.8) is 0 Å². The number of hydrogen-bond donors (Lipinski definition) is 1. The van der Waals surface area contributed by atoms with Crippen LogP contribution in [0.5, 0.6) is 0 Å². The summed E-state index contributed by atoms with van der Waals surface area (Å²) in [6, 6.07) is 2.99. The first-order valence-electron chi connectivity index (χ1n) is 4.66. The standard InChI is InChI=1S/C10H11FN2O3/c1-6(2)10(14)12-9-5-7(13(15)16)3-4-8(9)11/h3-6H,1-2H3,(H,12,14). The fraction of sp³-hybridized carbons (Fsp3) is 0.300. The number of nitrogens with one attached hydrogen (secondary N) is 1. The number of non-ortho nitro benzene ring substituents is 1. The van der Waals surface area contributed by atoms with E-state index in [9.17, 15) is 19.3 Å². The van der Waals surface area contributed by atoms with Crippen molar-refractivity contribution < 1.29 is 14.1 Å². The lowest BCUT2D eigenvalue weighted by Crippen LogP contribution is -2.18. The van der Waals surface area contributed by atoms with E-state index in [1.54, 1.807) is 13.8 Å². The molecule has 0 atom stereocenters. The number of rotatable bonds is 3. The van der Waals surface area contributed by atoms with E-state index < -0.39 is 10.7 Å². The summed E-state index contributed by atoms with van der Waals surface area (Å²) in [5, 5.41) is 12.7. The predicted octanol–water partition coefficient (Wildman–Crippen LogP) is 2.33. The van der Waals surface area contributed by atoms with Gasteiger partial charge in [-0.1, -0.05) is 13.8 Å². The highest BCUT2D eigenvalue weighted by Gasteiger charge is 2.14. The lowest BCUT2D eigenvalue weighted by Gasteiger charge is -2.08. The summed E-state index contributed by atoms with van der Waals surface area (Å²) in [6.45, 7) is 3.29. The molecule has 16 heavy (non-hydrogen) atoms. The van der Waals surface area contributed by atoms with Crippen LogP contribution in [0.15, 0.2) is 18.2 Å². The highest BCUT2D eigenvalue weighted by Crippen LogP contribution is 2.21. The van der Waals surface area contributed by atoms with Crippen molar-refractivity contribution >= 4 is 17.3 Å². The summed E-state index contributed by atoms with van der Waals surface area (Å²) >= 11 is 0. The third kappa shape index (κ3) is 2.75. The number of amides is 1. The maximum Gasteiger partial charge on any atom is 0.271 e. The van der Waals surface area contributed by atoms with E-state index in [1.165, 1.54) is 0 Å². The second-order valence-corrected chi connectivity index (χ2v) is 3.57. The maximum atomic E-state index is 13.2. The first kappa shape index (κ1) is 12.1. The number of carbonyl (C=O) groups is 1. The summed E-state index contributed by atoms with van der Waals surface area (Å²) < 4.78 is 13.2. The second-order valence-electron chi connectivity index (χ2n) is 3.57. The maximum absolute atomic E-state index is 13.2. The summed E-state index contributed by atoms with van der Waals surface area (Å²) in [4.78, 5) is 21.1. The van der Waals surface area contributed by atoms with E-state index in [0.29, 0.717) is 0 Å². The van der Waals surface area contributed by atoms with Gasteiger partial charge in [0.25, 0.3) is 5.69 Å². The van der Waals surface area contributed by atoms with Gasteiger partial charge in [0.05, 0.1) is 10.6 Å². The summed E-state index contributed by atoms with van der Waals surface area (Å²) in [6.07, 6.45) is 0. The third-order valence-corrected chi connectivity index (χ3v) is 1.94. The van der Waals surface area contributed by atoms with E-state index in [4.69, 9.17) is 0 Å². The molecule has 0 radical (unpaired) electrons. The summed E-state index contributed by atoms with van der Waals surface area (Å²) in [5.41, 5.74) is -0.437. The smallest absolute Gasteiger partial charge is 0.271 e. The fourth-order valence-electron chi connectivity index (χ4n) is 1.000. The molecule has 1 amide bonds. The van der Waals surface area contributed by atoms with Crippen LogP contribution in [-0.2, 0) is 4.79 Å². The Bertz CT molecular complexity index is 432. The predicted molar refractivity (Wildman–Crippen MR) is 56.5 cm³/mol. The largest absolute Gasteiger partial charge is 0.323 e. The van der Waals surface area contributed by atoms with Crippen molar-refractivity contribution in [2.24, 2.45) is 5.92 Å². The zero-order valence-electron chi connectivity index (χ0n) is 8.86. The van der Waals surface area contributed by atoms with Gasteiger partial charge in [0, 0.05) is 18.1 Å². The quantitative estimate of drug-likeness (QED) is 0.635. The van der Waals surface area contributed by atoms with Crippen LogP contribution in [0.4, 0.5) is 15.8 Å². The Labute approximate surface area is 91.4 Å². The second kappa shape index (κ2) is 4.69. The van der Waals surface area contributed by atoms with Crippen LogP contribution >= 0.6 is 0 Å². The first-order valence-corrected chi connectivity index (χ1v) is 4.66. The molecule has 1 aromatic carbocycles. The number of hydrogen-bond acceptors (Lipinski definition) is 3. The fourth-order valence-corrected chi connectivity index (χ4v) is 1.000. The molecule has 0 saturated carbocycles. The number of anilines is 1. The van der Waals surface area contributed by atoms with Crippen molar-refractivity contribution in [2.75, 3.05) is 5.32 Å². The number of benzene rings is 1. The molecule has 0 unspecified atom stereocenters. The highest BCUT2D eigenvalue weighted by atomic mass is 19.1. The Balaban J connectivity index is 2.99. The van der Waals surface area contributed by atoms with Crippen molar-refractivity contribution in [1.82, 2.24) is 0 Å². The minimum absolute atomic E-state index is 0.173. The van der Waals surface area contributed by atoms with Crippen LogP contribution < -0.4 is 5.32 Å². The first-order chi connectivity index (χ1) is 7.41. The zero-order chi connectivity index (χ0) is 12.3. The van der Waals surface area contributed by atoms with Gasteiger partial charge in [0.15, 0.2) is 0 Å². The van der Waals surface area contributed by atoms with Crippen molar-refractivity contribution in [2.45, 2.75) is 13.8 Å². The summed E-state index contributed by atoms with van der Waals surface area (Å²) in [5.74, 6) is -1.40. The Morgan fingerprint density at radius 3 is 2.62 bits per heavy atom. The average Bonchev–Trinajstić information content (AvgIpc) is 2.20. The molecule has 0 aliphatic carbocycles. The molecule has 6 heteroatoms. The van der Waals surface area contributed by atoms with Gasteiger partial charge in [-0.05, 0) is 6.07 Å². The van der Waals surface area contributed by atoms with Crippen molar-refractivity contribution in [3.05, 3.63) is 34.1 Å². The minimum Gasteiger partial charge on any atom is -0.323 e. The van der Waals surface area contributed by atoms with Gasteiger partial charge in [-0.15, -0.1) is 0 Å². The molecule has 5 nitrogen and oxygen atoms in total. The molecular formula is C10H11FN2O3. The molecule has 0 saturated heterocycles. The molecule has 0 aliphatic rings. The van der Waals surface area contributed by atoms with Crippen LogP contribution in [0, 0.1) is 21.8 Å². The topological polar surface area (TPSA) is 72.2 Å². The number of nitro benzene ring substituents is 1. The molecule has 0 aromatic heterocycles. The molecule has 0 fully saturated rings. The Kier molecular flexibility index (Phi) is 3.55. The molecule has 0 heterocycles. The SMILES string of the molecule is CC(C)C(=O)Nc1cc([N+](=O)[O-])ccc1F. The molecular weight excluding hydrogens is 215 g/mol. The lowest BCUT2D eigenvalue weighted by atomic mass is 10.2. The van der Waals surface area contributed by atoms with E-state index in [2.05, 4.69) is 5.32 Å². The van der Waals surface area contributed by atoms with Crippen LogP contribution in [0.3, 0.4) is 0 Å². The molecule has 0 spiro atoms. The van der Waals surface area contributed by atoms with Crippen LogP contribution in [-0.4, -0.2) is 10.8 Å². The van der Waals surface area contributed by atoms with Crippen molar-refractivity contribution in [1.29, 1.82) is 0 Å². The average molecular weight is 226 g/mol. The van der Waals surface area contributed by atoms with Gasteiger partial charge in [-0.2, -0.15) is 0 Å². The Hall–Kier alpha value is -1.98. The molecule has 0 aliphatic heterocycles. The molecule has 1 rings (SSSR count). The number of nitrogens with zero attached hydrogens (tertiary/aromatic N) is 1. The Morgan fingerprint density at radius 1 is 1.50 bits per heavy atom. The normalized spacial score (nSPS) is 10.2. The van der Waals surface area contributed by atoms with E-state index in [-0.39, 0.29) is 23.2 Å². The summed E-state index contributed by atoms with van der Waals surface area (Å²) in [7, 11) is 0. The van der Waals surface area contributed by atoms with Crippen molar-refractivity contribution in [3.8, 4) is 0 Å². The minimum atomic E-state index is -0.695. The molecule has 1 aromatic rings. The van der Waals surface area contributed by atoms with Gasteiger partial charge in [-0.3, -0.25) is 14.9 Å². The van der Waals surface area contributed by atoms with Gasteiger partial charge >= 0.3 is 0 Å². The molecule has 86 valence electrons. The van der Waals surface area contributed by atoms with Crippen LogP contribution in [0.1, 0.15) is 13.8 Å². The van der Waals surface area contributed by atoms with E-state index in [1.807, 2.05) is 0 Å². The Morgan fingerprint density at radius 2 is 2.12 bits per heavy atom. The number of carbonyl (C=O) groups excluding carboxylic acids is 1. The number of nitro groups is 1. The molecule has 0 bridgehead atoms. The van der Waals surface area contributed by atoms with Crippen LogP contribution in [0.2, 0.25) is 0 Å². The number of halogens is 1. The van der Waals surface area contributed by atoms with E-state index >= 15 is 0 Å². The van der Waals surface area contributed by atoms with Gasteiger partial charge in [0.2, 0.25) is 5.91 Å². The van der Waals surface area contributed by atoms with Gasteiger partial charge in [-0.25, -0.2) is 4.39 Å². The van der Waals surface area contributed by atoms with E-state index in [0.717, 1.165) is 18.2 Å². The third-order valence-electron chi connectivity index (χ3n) is 1.94. The van der Waals surface area contributed by atoms with Crippen LogP contribution in [0.25, 0.3) is 0 Å². The zero-order valence-corrected chi connectivity index (χ0v) is 8.86. The monoisotopic (exact) mass is 226 g/mol. The van der Waals surface area contributed by atoms with Gasteiger partial charge in [0.1, 0.15) is 5.82 Å².